The van der Waals surface area contributed by atoms with Crippen molar-refractivity contribution in [2.45, 2.75) is 6.61 Å². The predicted molar refractivity (Wildman–Crippen MR) is 70.7 cm³/mol. The van der Waals surface area contributed by atoms with E-state index >= 15 is 0 Å². The molecule has 0 saturated carbocycles. The number of hydrogen-bond acceptors (Lipinski definition) is 3. The Kier molecular flexibility index (Phi) is 4.20. The van der Waals surface area contributed by atoms with Crippen molar-refractivity contribution in [3.05, 3.63) is 59.4 Å². The van der Waals surface area contributed by atoms with Gasteiger partial charge in [-0.05, 0) is 36.4 Å². The van der Waals surface area contributed by atoms with Gasteiger partial charge < -0.3 is 14.6 Å². The van der Waals surface area contributed by atoms with Crippen molar-refractivity contribution in [1.82, 2.24) is 0 Å². The highest BCUT2D eigenvalue weighted by molar-refractivity contribution is 5.87. The molecule has 0 spiro atoms. The van der Waals surface area contributed by atoms with Gasteiger partial charge in [-0.2, -0.15) is 0 Å². The molecule has 0 atom stereocenters. The van der Waals surface area contributed by atoms with Crippen LogP contribution in [0.1, 0.15) is 15.9 Å². The fourth-order valence-electron chi connectivity index (χ4n) is 1.63. The summed E-state index contributed by atoms with van der Waals surface area (Å²) in [7, 11) is 1.47. The topological polar surface area (TPSA) is 55.8 Å². The molecular formula is C15H13FO4. The van der Waals surface area contributed by atoms with Gasteiger partial charge in [0.25, 0.3) is 0 Å². The van der Waals surface area contributed by atoms with E-state index in [0.717, 1.165) is 0 Å². The van der Waals surface area contributed by atoms with E-state index in [9.17, 15) is 9.18 Å². The molecule has 0 heterocycles. The van der Waals surface area contributed by atoms with Crippen LogP contribution in [0, 0.1) is 5.82 Å². The maximum Gasteiger partial charge on any atom is 0.335 e. The maximum atomic E-state index is 13.7. The van der Waals surface area contributed by atoms with Gasteiger partial charge in [-0.25, -0.2) is 9.18 Å². The Hall–Kier alpha value is -2.56. The summed E-state index contributed by atoms with van der Waals surface area (Å²) in [5.74, 6) is -0.494. The Balaban J connectivity index is 2.03. The molecule has 0 aliphatic heterocycles. The van der Waals surface area contributed by atoms with Gasteiger partial charge in [-0.3, -0.25) is 0 Å². The van der Waals surface area contributed by atoms with Gasteiger partial charge >= 0.3 is 5.97 Å². The van der Waals surface area contributed by atoms with E-state index < -0.39 is 11.8 Å². The second-order valence-electron chi connectivity index (χ2n) is 4.08. The fourth-order valence-corrected chi connectivity index (χ4v) is 1.63. The van der Waals surface area contributed by atoms with Gasteiger partial charge in [-0.1, -0.05) is 0 Å². The van der Waals surface area contributed by atoms with Gasteiger partial charge in [0, 0.05) is 11.6 Å². The Morgan fingerprint density at radius 2 is 1.80 bits per heavy atom. The Morgan fingerprint density at radius 3 is 2.35 bits per heavy atom. The minimum Gasteiger partial charge on any atom is -0.497 e. The first-order valence-electron chi connectivity index (χ1n) is 5.88. The summed E-state index contributed by atoms with van der Waals surface area (Å²) in [4.78, 5) is 10.7. The molecule has 0 bridgehead atoms. The normalized spacial score (nSPS) is 10.1. The Labute approximate surface area is 115 Å². The van der Waals surface area contributed by atoms with Crippen molar-refractivity contribution in [3.63, 3.8) is 0 Å². The first-order chi connectivity index (χ1) is 9.60. The first-order valence-corrected chi connectivity index (χ1v) is 5.88. The monoisotopic (exact) mass is 276 g/mol. The van der Waals surface area contributed by atoms with Crippen molar-refractivity contribution in [2.24, 2.45) is 0 Å². The third-order valence-corrected chi connectivity index (χ3v) is 2.76. The third kappa shape index (κ3) is 3.26. The average molecular weight is 276 g/mol. The van der Waals surface area contributed by atoms with Crippen LogP contribution in [0.5, 0.6) is 11.5 Å². The zero-order chi connectivity index (χ0) is 14.5. The summed E-state index contributed by atoms with van der Waals surface area (Å²) in [6.07, 6.45) is 0. The minimum absolute atomic E-state index is 0.0578. The molecule has 2 rings (SSSR count). The lowest BCUT2D eigenvalue weighted by Gasteiger charge is -2.08. The van der Waals surface area contributed by atoms with Crippen LogP contribution in [0.15, 0.2) is 42.5 Å². The second kappa shape index (κ2) is 6.06. The van der Waals surface area contributed by atoms with Gasteiger partial charge in [0.15, 0.2) is 0 Å². The van der Waals surface area contributed by atoms with Crippen LogP contribution in [0.2, 0.25) is 0 Å². The molecule has 5 heteroatoms. The van der Waals surface area contributed by atoms with Crippen LogP contribution in [-0.2, 0) is 6.61 Å². The summed E-state index contributed by atoms with van der Waals surface area (Å²) in [5, 5.41) is 8.77. The molecule has 0 fully saturated rings. The van der Waals surface area contributed by atoms with Crippen molar-refractivity contribution < 1.29 is 23.8 Å². The summed E-state index contributed by atoms with van der Waals surface area (Å²) in [6.45, 7) is 0.0578. The molecule has 104 valence electrons. The molecular weight excluding hydrogens is 263 g/mol. The van der Waals surface area contributed by atoms with E-state index in [1.165, 1.54) is 37.4 Å². The summed E-state index contributed by atoms with van der Waals surface area (Å²) in [5.41, 5.74) is 0.570. The van der Waals surface area contributed by atoms with Crippen LogP contribution in [0.4, 0.5) is 4.39 Å². The number of rotatable bonds is 5. The summed E-state index contributed by atoms with van der Waals surface area (Å²) < 4.78 is 24.0. The van der Waals surface area contributed by atoms with Gasteiger partial charge in [0.05, 0.1) is 12.7 Å². The fraction of sp³-hybridized carbons (Fsp3) is 0.133. The molecule has 2 aromatic rings. The Bertz CT molecular complexity index is 608. The van der Waals surface area contributed by atoms with Crippen molar-refractivity contribution >= 4 is 5.97 Å². The molecule has 0 radical (unpaired) electrons. The summed E-state index contributed by atoms with van der Waals surface area (Å²) in [6, 6.07) is 10.4. The molecule has 0 aliphatic carbocycles. The average Bonchev–Trinajstić information content (AvgIpc) is 2.46. The predicted octanol–water partition coefficient (Wildman–Crippen LogP) is 3.11. The molecule has 0 amide bonds. The van der Waals surface area contributed by atoms with Gasteiger partial charge in [0.1, 0.15) is 23.9 Å². The number of aromatic carboxylic acids is 1. The molecule has 0 aromatic heterocycles. The highest BCUT2D eigenvalue weighted by atomic mass is 19.1. The number of benzene rings is 2. The van der Waals surface area contributed by atoms with E-state index in [0.29, 0.717) is 17.1 Å². The van der Waals surface area contributed by atoms with Crippen molar-refractivity contribution in [3.8, 4) is 11.5 Å². The van der Waals surface area contributed by atoms with E-state index in [2.05, 4.69) is 0 Å². The Morgan fingerprint density at radius 1 is 1.15 bits per heavy atom. The molecule has 1 N–H and O–H groups in total. The highest BCUT2D eigenvalue weighted by Crippen LogP contribution is 2.19. The van der Waals surface area contributed by atoms with Gasteiger partial charge in [0.2, 0.25) is 0 Å². The van der Waals surface area contributed by atoms with Crippen LogP contribution in [-0.4, -0.2) is 18.2 Å². The standard InChI is InChI=1S/C15H13FO4/c1-19-13-7-4-11(14(16)8-13)9-20-12-5-2-10(3-6-12)15(17)18/h2-8H,9H2,1H3,(H,17,18). The van der Waals surface area contributed by atoms with Crippen molar-refractivity contribution in [2.75, 3.05) is 7.11 Å². The number of methoxy groups -OCH3 is 1. The first kappa shape index (κ1) is 13.9. The van der Waals surface area contributed by atoms with Crippen LogP contribution < -0.4 is 9.47 Å². The van der Waals surface area contributed by atoms with Crippen LogP contribution in [0.3, 0.4) is 0 Å². The smallest absolute Gasteiger partial charge is 0.335 e. The van der Waals surface area contributed by atoms with Crippen LogP contribution in [0.25, 0.3) is 0 Å². The quantitative estimate of drug-likeness (QED) is 0.911. The van der Waals surface area contributed by atoms with Crippen LogP contribution >= 0.6 is 0 Å². The number of halogens is 1. The largest absolute Gasteiger partial charge is 0.497 e. The second-order valence-corrected chi connectivity index (χ2v) is 4.08. The SMILES string of the molecule is COc1ccc(COc2ccc(C(=O)O)cc2)c(F)c1. The number of hydrogen-bond donors (Lipinski definition) is 1. The molecule has 0 aliphatic rings. The number of carboxylic acids is 1. The molecule has 0 unspecified atom stereocenters. The number of carboxylic acid groups (broad SMARTS) is 1. The lowest BCUT2D eigenvalue weighted by atomic mass is 10.2. The van der Waals surface area contributed by atoms with Gasteiger partial charge in [-0.15, -0.1) is 0 Å². The highest BCUT2D eigenvalue weighted by Gasteiger charge is 2.06. The molecule has 0 saturated heterocycles. The van der Waals surface area contributed by atoms with E-state index in [1.807, 2.05) is 0 Å². The third-order valence-electron chi connectivity index (χ3n) is 2.76. The maximum absolute atomic E-state index is 13.7. The minimum atomic E-state index is -1.00. The van der Waals surface area contributed by atoms with E-state index in [4.69, 9.17) is 14.6 Å². The van der Waals surface area contributed by atoms with E-state index in [-0.39, 0.29) is 12.2 Å². The lowest BCUT2D eigenvalue weighted by molar-refractivity contribution is 0.0697. The zero-order valence-electron chi connectivity index (χ0n) is 10.8. The molecule has 4 nitrogen and oxygen atoms in total. The molecule has 2 aromatic carbocycles. The number of carbonyl (C=O) groups is 1. The van der Waals surface area contributed by atoms with E-state index in [1.54, 1.807) is 12.1 Å². The lowest BCUT2D eigenvalue weighted by Crippen LogP contribution is -2.00. The summed E-state index contributed by atoms with van der Waals surface area (Å²) >= 11 is 0. The number of ether oxygens (including phenoxy) is 2. The van der Waals surface area contributed by atoms with Crippen molar-refractivity contribution in [1.29, 1.82) is 0 Å². The zero-order valence-corrected chi connectivity index (χ0v) is 10.8. The molecule has 20 heavy (non-hydrogen) atoms.